The topological polar surface area (TPSA) is 67.4 Å². The summed E-state index contributed by atoms with van der Waals surface area (Å²) < 4.78 is 5.76. The van der Waals surface area contributed by atoms with Crippen LogP contribution < -0.4 is 15.0 Å². The summed E-state index contributed by atoms with van der Waals surface area (Å²) in [5.41, 5.74) is 0.991. The molecule has 1 fully saturated rings. The van der Waals surface area contributed by atoms with Crippen LogP contribution in [0, 0.1) is 5.92 Å². The summed E-state index contributed by atoms with van der Waals surface area (Å²) >= 11 is 0. The normalized spacial score (nSPS) is 17.2. The lowest BCUT2D eigenvalue weighted by Crippen LogP contribution is -2.35. The molecule has 1 aliphatic heterocycles. The molecule has 6 nitrogen and oxygen atoms in total. The number of rotatable bonds is 5. The summed E-state index contributed by atoms with van der Waals surface area (Å²) in [6.45, 7) is 8.08. The quantitative estimate of drug-likeness (QED) is 0.886. The SMILES string of the molecule is CC1CCCN(c2cc(C(=O)Nc3ccccc3OC(C)C)ncn2)C1. The van der Waals surface area contributed by atoms with Crippen molar-refractivity contribution in [3.8, 4) is 5.75 Å². The zero-order valence-electron chi connectivity index (χ0n) is 15.6. The minimum atomic E-state index is -0.265. The number of amides is 1. The van der Waals surface area contributed by atoms with Crippen molar-refractivity contribution in [2.24, 2.45) is 5.92 Å². The molecule has 26 heavy (non-hydrogen) atoms. The maximum absolute atomic E-state index is 12.7. The summed E-state index contributed by atoms with van der Waals surface area (Å²) in [6.07, 6.45) is 3.87. The first-order chi connectivity index (χ1) is 12.5. The molecule has 1 atom stereocenters. The molecule has 1 aliphatic rings. The Morgan fingerprint density at radius 2 is 2.12 bits per heavy atom. The van der Waals surface area contributed by atoms with Crippen LogP contribution in [-0.4, -0.2) is 35.1 Å². The van der Waals surface area contributed by atoms with Crippen LogP contribution in [0.25, 0.3) is 0 Å². The van der Waals surface area contributed by atoms with E-state index in [9.17, 15) is 4.79 Å². The maximum Gasteiger partial charge on any atom is 0.274 e. The Hall–Kier alpha value is -2.63. The molecule has 0 radical (unpaired) electrons. The van der Waals surface area contributed by atoms with Crippen molar-refractivity contribution in [2.75, 3.05) is 23.3 Å². The molecule has 138 valence electrons. The number of hydrogen-bond acceptors (Lipinski definition) is 5. The predicted octanol–water partition coefficient (Wildman–Crippen LogP) is 3.75. The van der Waals surface area contributed by atoms with Gasteiger partial charge in [-0.05, 0) is 44.7 Å². The summed E-state index contributed by atoms with van der Waals surface area (Å²) in [4.78, 5) is 23.4. The Morgan fingerprint density at radius 1 is 1.31 bits per heavy atom. The smallest absolute Gasteiger partial charge is 0.274 e. The minimum absolute atomic E-state index is 0.0276. The zero-order valence-corrected chi connectivity index (χ0v) is 15.6. The Morgan fingerprint density at radius 3 is 2.88 bits per heavy atom. The highest BCUT2D eigenvalue weighted by atomic mass is 16.5. The Bertz CT molecular complexity index is 763. The molecule has 1 aromatic heterocycles. The lowest BCUT2D eigenvalue weighted by molar-refractivity contribution is 0.102. The predicted molar refractivity (Wildman–Crippen MR) is 103 cm³/mol. The van der Waals surface area contributed by atoms with Crippen LogP contribution >= 0.6 is 0 Å². The number of aromatic nitrogens is 2. The van der Waals surface area contributed by atoms with Gasteiger partial charge in [-0.3, -0.25) is 4.79 Å². The molecule has 3 rings (SSSR count). The third-order valence-corrected chi connectivity index (χ3v) is 4.36. The Kier molecular flexibility index (Phi) is 5.71. The molecule has 1 unspecified atom stereocenters. The summed E-state index contributed by atoms with van der Waals surface area (Å²) in [6, 6.07) is 9.18. The summed E-state index contributed by atoms with van der Waals surface area (Å²) in [5, 5.41) is 2.90. The van der Waals surface area contributed by atoms with Gasteiger partial charge in [0.25, 0.3) is 5.91 Å². The van der Waals surface area contributed by atoms with E-state index in [1.165, 1.54) is 12.7 Å². The number of nitrogens with zero attached hydrogens (tertiary/aromatic N) is 3. The first kappa shape index (κ1) is 18.2. The highest BCUT2D eigenvalue weighted by Gasteiger charge is 2.19. The van der Waals surface area contributed by atoms with Crippen molar-refractivity contribution in [1.29, 1.82) is 0 Å². The van der Waals surface area contributed by atoms with Crippen LogP contribution in [0.5, 0.6) is 5.75 Å². The van der Waals surface area contributed by atoms with Crippen molar-refractivity contribution in [2.45, 2.75) is 39.7 Å². The number of hydrogen-bond donors (Lipinski definition) is 1. The van der Waals surface area contributed by atoms with E-state index in [4.69, 9.17) is 4.74 Å². The van der Waals surface area contributed by atoms with Gasteiger partial charge in [0.2, 0.25) is 0 Å². The number of piperidine rings is 1. The van der Waals surface area contributed by atoms with Crippen LogP contribution in [0.3, 0.4) is 0 Å². The number of benzene rings is 1. The van der Waals surface area contributed by atoms with Crippen LogP contribution in [0.15, 0.2) is 36.7 Å². The van der Waals surface area contributed by atoms with Gasteiger partial charge >= 0.3 is 0 Å². The van der Waals surface area contributed by atoms with Crippen LogP contribution in [0.1, 0.15) is 44.1 Å². The van der Waals surface area contributed by atoms with Gasteiger partial charge in [0.05, 0.1) is 11.8 Å². The monoisotopic (exact) mass is 354 g/mol. The van der Waals surface area contributed by atoms with Crippen LogP contribution in [-0.2, 0) is 0 Å². The lowest BCUT2D eigenvalue weighted by Gasteiger charge is -2.31. The summed E-state index contributed by atoms with van der Waals surface area (Å²) in [5.74, 6) is 1.83. The van der Waals surface area contributed by atoms with Gasteiger partial charge in [0.1, 0.15) is 23.6 Å². The first-order valence-corrected chi connectivity index (χ1v) is 9.17. The molecular formula is C20H26N4O2. The number of carbonyl (C=O) groups is 1. The zero-order chi connectivity index (χ0) is 18.5. The largest absolute Gasteiger partial charge is 0.489 e. The highest BCUT2D eigenvalue weighted by molar-refractivity contribution is 6.04. The number of carbonyl (C=O) groups excluding carboxylic acids is 1. The number of nitrogens with one attached hydrogen (secondary N) is 1. The molecular weight excluding hydrogens is 328 g/mol. The molecule has 1 aromatic carbocycles. The van der Waals surface area contributed by atoms with Crippen molar-refractivity contribution in [3.05, 3.63) is 42.4 Å². The van der Waals surface area contributed by atoms with Gasteiger partial charge in [-0.25, -0.2) is 9.97 Å². The fourth-order valence-electron chi connectivity index (χ4n) is 3.15. The second-order valence-corrected chi connectivity index (χ2v) is 7.07. The second kappa shape index (κ2) is 8.17. The number of anilines is 2. The van der Waals surface area contributed by atoms with Gasteiger partial charge in [-0.1, -0.05) is 19.1 Å². The van der Waals surface area contributed by atoms with Crippen LogP contribution in [0.4, 0.5) is 11.5 Å². The van der Waals surface area contributed by atoms with Crippen molar-refractivity contribution >= 4 is 17.4 Å². The molecule has 0 spiro atoms. The van der Waals surface area contributed by atoms with Gasteiger partial charge < -0.3 is 15.0 Å². The molecule has 0 bridgehead atoms. The van der Waals surface area contributed by atoms with E-state index in [0.717, 1.165) is 25.3 Å². The van der Waals surface area contributed by atoms with Crippen LogP contribution in [0.2, 0.25) is 0 Å². The third-order valence-electron chi connectivity index (χ3n) is 4.36. The Balaban J connectivity index is 1.76. The van der Waals surface area contributed by atoms with Gasteiger partial charge in [0, 0.05) is 19.2 Å². The van der Waals surface area contributed by atoms with Crippen molar-refractivity contribution < 1.29 is 9.53 Å². The van der Waals surface area contributed by atoms with Crippen molar-refractivity contribution in [3.63, 3.8) is 0 Å². The maximum atomic E-state index is 12.7. The van der Waals surface area contributed by atoms with E-state index in [-0.39, 0.29) is 12.0 Å². The first-order valence-electron chi connectivity index (χ1n) is 9.17. The third kappa shape index (κ3) is 4.50. The molecule has 2 aromatic rings. The van der Waals surface area contributed by atoms with Crippen molar-refractivity contribution in [1.82, 2.24) is 9.97 Å². The Labute approximate surface area is 154 Å². The second-order valence-electron chi connectivity index (χ2n) is 7.07. The van der Waals surface area contributed by atoms with E-state index >= 15 is 0 Å². The molecule has 1 N–H and O–H groups in total. The van der Waals surface area contributed by atoms with E-state index < -0.39 is 0 Å². The van der Waals surface area contributed by atoms with E-state index in [1.807, 2.05) is 38.1 Å². The number of para-hydroxylation sites is 2. The highest BCUT2D eigenvalue weighted by Crippen LogP contribution is 2.26. The molecule has 1 saturated heterocycles. The van der Waals surface area contributed by atoms with E-state index in [0.29, 0.717) is 23.0 Å². The van der Waals surface area contributed by atoms with Gasteiger partial charge in [0.15, 0.2) is 0 Å². The fraction of sp³-hybridized carbons (Fsp3) is 0.450. The summed E-state index contributed by atoms with van der Waals surface area (Å²) in [7, 11) is 0. The molecule has 1 amide bonds. The fourth-order valence-corrected chi connectivity index (χ4v) is 3.15. The molecule has 0 aliphatic carbocycles. The standard InChI is InChI=1S/C20H26N4O2/c1-14(2)26-18-9-5-4-8-16(18)23-20(25)17-11-19(22-13-21-17)24-10-6-7-15(3)12-24/h4-5,8-9,11,13-15H,6-7,10,12H2,1-3H3,(H,23,25). The minimum Gasteiger partial charge on any atom is -0.489 e. The average molecular weight is 354 g/mol. The average Bonchev–Trinajstić information content (AvgIpc) is 2.63. The van der Waals surface area contributed by atoms with E-state index in [1.54, 1.807) is 6.07 Å². The molecule has 6 heteroatoms. The van der Waals surface area contributed by atoms with Gasteiger partial charge in [-0.15, -0.1) is 0 Å². The molecule has 0 saturated carbocycles. The van der Waals surface area contributed by atoms with E-state index in [2.05, 4.69) is 27.1 Å². The van der Waals surface area contributed by atoms with Gasteiger partial charge in [-0.2, -0.15) is 0 Å². The molecule has 2 heterocycles. The number of ether oxygens (including phenoxy) is 1. The lowest BCUT2D eigenvalue weighted by atomic mass is 10.0.